The Morgan fingerprint density at radius 1 is 1.44 bits per heavy atom. The van der Waals surface area contributed by atoms with Gasteiger partial charge in [0.15, 0.2) is 0 Å². The van der Waals surface area contributed by atoms with E-state index in [-0.39, 0.29) is 12.7 Å². The molecule has 16 heavy (non-hydrogen) atoms. The molecule has 0 saturated carbocycles. The highest BCUT2D eigenvalue weighted by atomic mass is 31.2. The molecule has 0 unspecified atom stereocenters. The highest BCUT2D eigenvalue weighted by molar-refractivity contribution is 7.54. The summed E-state index contributed by atoms with van der Waals surface area (Å²) in [6.45, 7) is 4.09. The van der Waals surface area contributed by atoms with Gasteiger partial charge in [0, 0.05) is 13.5 Å². The largest absolute Gasteiger partial charge is 0.394 e. The standard InChI is InChI=1S/C9H20NO5P/c1-4-13-16(12,14-5-2)9-6-8(7-11)15-10(9)3/h8-9,11H,4-7H2,1-3H3/t8-,9-/m1/s1. The lowest BCUT2D eigenvalue weighted by Crippen LogP contribution is -2.25. The van der Waals surface area contributed by atoms with Crippen LogP contribution in [0.4, 0.5) is 0 Å². The highest BCUT2D eigenvalue weighted by Crippen LogP contribution is 2.57. The summed E-state index contributed by atoms with van der Waals surface area (Å²) >= 11 is 0. The predicted octanol–water partition coefficient (Wildman–Crippen LogP) is 1.21. The number of hydrogen-bond acceptors (Lipinski definition) is 6. The molecule has 6 nitrogen and oxygen atoms in total. The summed E-state index contributed by atoms with van der Waals surface area (Å²) in [4.78, 5) is 5.31. The summed E-state index contributed by atoms with van der Waals surface area (Å²) in [6, 6.07) is 0. The van der Waals surface area contributed by atoms with Gasteiger partial charge in [-0.2, -0.15) is 5.06 Å². The molecule has 7 heteroatoms. The summed E-state index contributed by atoms with van der Waals surface area (Å²) in [5, 5.41) is 10.5. The fourth-order valence-electron chi connectivity index (χ4n) is 1.74. The van der Waals surface area contributed by atoms with Gasteiger partial charge >= 0.3 is 7.60 Å². The third-order valence-corrected chi connectivity index (χ3v) is 4.90. The fourth-order valence-corrected chi connectivity index (χ4v) is 3.82. The van der Waals surface area contributed by atoms with E-state index in [1.54, 1.807) is 20.9 Å². The molecule has 1 aliphatic heterocycles. The Morgan fingerprint density at radius 2 is 2.00 bits per heavy atom. The van der Waals surface area contributed by atoms with Crippen molar-refractivity contribution >= 4 is 7.60 Å². The molecule has 0 aliphatic carbocycles. The second-order valence-electron chi connectivity index (χ2n) is 3.55. The smallest absolute Gasteiger partial charge is 0.350 e. The maximum Gasteiger partial charge on any atom is 0.350 e. The van der Waals surface area contributed by atoms with Gasteiger partial charge < -0.3 is 14.2 Å². The van der Waals surface area contributed by atoms with Gasteiger partial charge in [0.1, 0.15) is 11.9 Å². The first-order chi connectivity index (χ1) is 7.57. The SMILES string of the molecule is CCOP(=O)(OCC)[C@@H]1C[C@H](CO)ON1C. The molecular weight excluding hydrogens is 233 g/mol. The molecule has 0 aromatic heterocycles. The number of rotatable bonds is 6. The Morgan fingerprint density at radius 3 is 2.38 bits per heavy atom. The van der Waals surface area contributed by atoms with Crippen molar-refractivity contribution in [2.45, 2.75) is 32.2 Å². The van der Waals surface area contributed by atoms with Crippen molar-refractivity contribution in [3.05, 3.63) is 0 Å². The summed E-state index contributed by atoms with van der Waals surface area (Å²) in [5.74, 6) is -0.440. The van der Waals surface area contributed by atoms with Gasteiger partial charge in [-0.15, -0.1) is 0 Å². The van der Waals surface area contributed by atoms with Crippen LogP contribution in [0, 0.1) is 0 Å². The van der Waals surface area contributed by atoms with Crippen molar-refractivity contribution in [3.8, 4) is 0 Å². The molecule has 1 aliphatic rings. The van der Waals surface area contributed by atoms with Gasteiger partial charge in [-0.1, -0.05) is 0 Å². The van der Waals surface area contributed by atoms with Crippen molar-refractivity contribution in [1.29, 1.82) is 0 Å². The molecule has 1 heterocycles. The van der Waals surface area contributed by atoms with E-state index in [4.69, 9.17) is 19.0 Å². The van der Waals surface area contributed by atoms with Crippen LogP contribution < -0.4 is 0 Å². The molecule has 0 aromatic rings. The van der Waals surface area contributed by atoms with Crippen LogP contribution in [-0.4, -0.2) is 48.9 Å². The van der Waals surface area contributed by atoms with Crippen molar-refractivity contribution in [2.24, 2.45) is 0 Å². The van der Waals surface area contributed by atoms with Crippen LogP contribution in [0.3, 0.4) is 0 Å². The minimum absolute atomic E-state index is 0.0981. The first-order valence-corrected chi connectivity index (χ1v) is 7.07. The molecule has 0 radical (unpaired) electrons. The number of aliphatic hydroxyl groups is 1. The van der Waals surface area contributed by atoms with Crippen molar-refractivity contribution in [2.75, 3.05) is 26.9 Å². The second kappa shape index (κ2) is 6.10. The molecule has 1 fully saturated rings. The van der Waals surface area contributed by atoms with Crippen LogP contribution in [0.2, 0.25) is 0 Å². The van der Waals surface area contributed by atoms with Gasteiger partial charge in [-0.3, -0.25) is 9.40 Å². The lowest BCUT2D eigenvalue weighted by atomic mass is 10.3. The van der Waals surface area contributed by atoms with Gasteiger partial charge in [-0.25, -0.2) is 0 Å². The summed E-state index contributed by atoms with van der Waals surface area (Å²) < 4.78 is 22.9. The minimum Gasteiger partial charge on any atom is -0.394 e. The van der Waals surface area contributed by atoms with Crippen LogP contribution in [0.5, 0.6) is 0 Å². The van der Waals surface area contributed by atoms with Gasteiger partial charge in [0.05, 0.1) is 19.8 Å². The summed E-state index contributed by atoms with van der Waals surface area (Å²) in [7, 11) is -1.51. The molecule has 96 valence electrons. The third kappa shape index (κ3) is 3.03. The maximum absolute atomic E-state index is 12.4. The molecule has 0 bridgehead atoms. The number of hydrogen-bond donors (Lipinski definition) is 1. The quantitative estimate of drug-likeness (QED) is 0.717. The first-order valence-electron chi connectivity index (χ1n) is 5.46. The molecule has 1 saturated heterocycles. The molecular formula is C9H20NO5P. The van der Waals surface area contributed by atoms with Crippen molar-refractivity contribution in [3.63, 3.8) is 0 Å². The van der Waals surface area contributed by atoms with E-state index in [2.05, 4.69) is 0 Å². The Balaban J connectivity index is 2.75. The molecule has 0 aromatic carbocycles. The van der Waals surface area contributed by atoms with Crippen LogP contribution in [0.25, 0.3) is 0 Å². The molecule has 2 atom stereocenters. The normalized spacial score (nSPS) is 27.5. The van der Waals surface area contributed by atoms with Crippen LogP contribution in [-0.2, 0) is 18.5 Å². The van der Waals surface area contributed by atoms with E-state index in [1.807, 2.05) is 0 Å². The van der Waals surface area contributed by atoms with Gasteiger partial charge in [0.25, 0.3) is 0 Å². The molecule has 0 spiro atoms. The fraction of sp³-hybridized carbons (Fsp3) is 1.00. The van der Waals surface area contributed by atoms with E-state index in [9.17, 15) is 4.57 Å². The van der Waals surface area contributed by atoms with Gasteiger partial charge in [0.2, 0.25) is 0 Å². The first kappa shape index (κ1) is 14.1. The Labute approximate surface area is 96.0 Å². The topological polar surface area (TPSA) is 68.2 Å². The van der Waals surface area contributed by atoms with E-state index in [0.29, 0.717) is 19.6 Å². The van der Waals surface area contributed by atoms with E-state index in [1.165, 1.54) is 5.06 Å². The maximum atomic E-state index is 12.4. The Bertz CT molecular complexity index is 252. The Kier molecular flexibility index (Phi) is 5.37. The minimum atomic E-state index is -3.18. The summed E-state index contributed by atoms with van der Waals surface area (Å²) in [5.41, 5.74) is 0. The average Bonchev–Trinajstić information content (AvgIpc) is 2.61. The lowest BCUT2D eigenvalue weighted by molar-refractivity contribution is -0.145. The zero-order chi connectivity index (χ0) is 12.2. The number of nitrogens with zero attached hydrogens (tertiary/aromatic N) is 1. The van der Waals surface area contributed by atoms with Crippen LogP contribution in [0.1, 0.15) is 20.3 Å². The van der Waals surface area contributed by atoms with Crippen LogP contribution in [0.15, 0.2) is 0 Å². The van der Waals surface area contributed by atoms with E-state index in [0.717, 1.165) is 0 Å². The number of hydroxylamine groups is 2. The van der Waals surface area contributed by atoms with Crippen LogP contribution >= 0.6 is 7.60 Å². The summed E-state index contributed by atoms with van der Waals surface area (Å²) in [6.07, 6.45) is 0.119. The van der Waals surface area contributed by atoms with E-state index < -0.39 is 13.4 Å². The zero-order valence-corrected chi connectivity index (χ0v) is 10.9. The lowest BCUT2D eigenvalue weighted by Gasteiger charge is -2.25. The van der Waals surface area contributed by atoms with Crippen molar-refractivity contribution < 1.29 is 23.6 Å². The Hall–Kier alpha value is 0.0300. The average molecular weight is 253 g/mol. The number of aliphatic hydroxyl groups excluding tert-OH is 1. The van der Waals surface area contributed by atoms with Gasteiger partial charge in [-0.05, 0) is 13.8 Å². The highest BCUT2D eigenvalue weighted by Gasteiger charge is 2.45. The molecule has 1 N–H and O–H groups in total. The second-order valence-corrected chi connectivity index (χ2v) is 5.74. The van der Waals surface area contributed by atoms with E-state index >= 15 is 0 Å². The zero-order valence-electron chi connectivity index (χ0n) is 9.96. The third-order valence-electron chi connectivity index (χ3n) is 2.40. The molecule has 0 amide bonds. The van der Waals surface area contributed by atoms with Crippen molar-refractivity contribution in [1.82, 2.24) is 5.06 Å². The predicted molar refractivity (Wildman–Crippen MR) is 59.0 cm³/mol. The molecule has 1 rings (SSSR count). The monoisotopic (exact) mass is 253 g/mol.